The molecule has 41 heavy (non-hydrogen) atoms. The molecule has 1 N–H and O–H groups in total. The van der Waals surface area contributed by atoms with E-state index < -0.39 is 0 Å². The smallest absolute Gasteiger partial charge is 0.254 e. The Morgan fingerprint density at radius 3 is 2.20 bits per heavy atom. The second-order valence-electron chi connectivity index (χ2n) is 12.1. The van der Waals surface area contributed by atoms with Crippen LogP contribution in [-0.4, -0.2) is 66.9 Å². The van der Waals surface area contributed by atoms with Gasteiger partial charge in [0.15, 0.2) is 0 Å². The highest BCUT2D eigenvalue weighted by Crippen LogP contribution is 2.44. The molecule has 1 saturated heterocycles. The van der Waals surface area contributed by atoms with Gasteiger partial charge in [-0.1, -0.05) is 73.9 Å². The monoisotopic (exact) mass is 548 g/mol. The summed E-state index contributed by atoms with van der Waals surface area (Å²) in [6, 6.07) is 23.5. The van der Waals surface area contributed by atoms with Crippen LogP contribution in [0.1, 0.15) is 71.5 Å². The van der Waals surface area contributed by atoms with Crippen molar-refractivity contribution in [3.8, 4) is 11.1 Å². The number of piperazine rings is 1. The van der Waals surface area contributed by atoms with Crippen LogP contribution < -0.4 is 10.2 Å². The molecule has 2 aliphatic heterocycles. The molecule has 6 nitrogen and oxygen atoms in total. The molecule has 0 bridgehead atoms. The van der Waals surface area contributed by atoms with Gasteiger partial charge in [-0.2, -0.15) is 0 Å². The molecule has 6 heteroatoms. The summed E-state index contributed by atoms with van der Waals surface area (Å²) in [4.78, 5) is 33.6. The number of nitrogens with one attached hydrogen (secondary N) is 1. The van der Waals surface area contributed by atoms with Crippen LogP contribution in [0, 0.1) is 0 Å². The van der Waals surface area contributed by atoms with E-state index in [0.29, 0.717) is 12.6 Å². The number of amides is 2. The lowest BCUT2D eigenvalue weighted by atomic mass is 9.94. The summed E-state index contributed by atoms with van der Waals surface area (Å²) in [7, 11) is 0. The Morgan fingerprint density at radius 2 is 1.49 bits per heavy atom. The average Bonchev–Trinajstić information content (AvgIpc) is 3.54. The van der Waals surface area contributed by atoms with Crippen LogP contribution in [0.5, 0.6) is 0 Å². The van der Waals surface area contributed by atoms with Gasteiger partial charge in [-0.15, -0.1) is 0 Å². The van der Waals surface area contributed by atoms with Gasteiger partial charge in [0.25, 0.3) is 5.91 Å². The zero-order valence-electron chi connectivity index (χ0n) is 23.9. The minimum atomic E-state index is -0.222. The van der Waals surface area contributed by atoms with E-state index in [-0.39, 0.29) is 17.7 Å². The molecule has 0 radical (unpaired) electrons. The maximum absolute atomic E-state index is 13.3. The number of carbonyl (C=O) groups excluding carboxylic acids is 2. The van der Waals surface area contributed by atoms with Crippen LogP contribution in [0.2, 0.25) is 0 Å². The third kappa shape index (κ3) is 5.03. The van der Waals surface area contributed by atoms with Gasteiger partial charge in [-0.25, -0.2) is 0 Å². The summed E-state index contributed by atoms with van der Waals surface area (Å²) in [6.45, 7) is 6.36. The Hall–Kier alpha value is -3.64. The summed E-state index contributed by atoms with van der Waals surface area (Å²) < 4.78 is 0. The molecular formula is C35H40N4O2. The molecule has 0 atom stereocenters. The molecule has 4 aliphatic rings. The fourth-order valence-electron chi connectivity index (χ4n) is 7.48. The first-order valence-electron chi connectivity index (χ1n) is 15.5. The number of rotatable bonds is 7. The van der Waals surface area contributed by atoms with E-state index >= 15 is 0 Å². The van der Waals surface area contributed by atoms with Crippen molar-refractivity contribution in [2.75, 3.05) is 44.2 Å². The number of fused-ring (bicyclic) bond motifs is 4. The highest BCUT2D eigenvalue weighted by Gasteiger charge is 2.35. The molecule has 3 aromatic carbocycles. The topological polar surface area (TPSA) is 55.9 Å². The molecule has 1 saturated carbocycles. The molecule has 0 spiro atoms. The van der Waals surface area contributed by atoms with Crippen molar-refractivity contribution in [3.05, 3.63) is 89.0 Å². The van der Waals surface area contributed by atoms with Crippen LogP contribution in [0.15, 0.2) is 66.7 Å². The van der Waals surface area contributed by atoms with E-state index in [4.69, 9.17) is 0 Å². The number of carbonyl (C=O) groups is 2. The van der Waals surface area contributed by atoms with Crippen molar-refractivity contribution < 1.29 is 9.59 Å². The lowest BCUT2D eigenvalue weighted by Crippen LogP contribution is -2.47. The van der Waals surface area contributed by atoms with Crippen LogP contribution >= 0.6 is 0 Å². The highest BCUT2D eigenvalue weighted by atomic mass is 16.2. The molecule has 2 amide bonds. The zero-order valence-corrected chi connectivity index (χ0v) is 23.9. The Bertz CT molecular complexity index is 1390. The molecule has 0 aromatic heterocycles. The fourth-order valence-corrected chi connectivity index (χ4v) is 7.48. The standard InChI is InChI=1S/C35H40N4O2/c40-34(33-30-13-6-4-11-28(30)29-12-5-7-14-31(29)33)36-17-8-18-37-19-21-38(22-20-37)27-16-15-25-24-39(35(41)32(25)23-27)26-9-2-1-3-10-26/h4-7,11-16,23,26,33H,1-3,8-10,17-22,24H2,(H,36,40). The van der Waals surface area contributed by atoms with Gasteiger partial charge in [0.05, 0.1) is 5.92 Å². The Kier molecular flexibility index (Phi) is 7.26. The fraction of sp³-hybridized carbons (Fsp3) is 0.429. The minimum Gasteiger partial charge on any atom is -0.369 e. The predicted octanol–water partition coefficient (Wildman–Crippen LogP) is 5.42. The van der Waals surface area contributed by atoms with E-state index in [1.165, 1.54) is 41.6 Å². The summed E-state index contributed by atoms with van der Waals surface area (Å²) in [5.74, 6) is 0.110. The van der Waals surface area contributed by atoms with Crippen molar-refractivity contribution in [2.45, 2.75) is 57.0 Å². The Labute approximate surface area is 243 Å². The first-order chi connectivity index (χ1) is 20.2. The number of nitrogens with zero attached hydrogens (tertiary/aromatic N) is 3. The number of anilines is 1. The van der Waals surface area contributed by atoms with E-state index in [0.717, 1.165) is 75.2 Å². The van der Waals surface area contributed by atoms with Gasteiger partial charge in [-0.05, 0) is 65.8 Å². The van der Waals surface area contributed by atoms with Gasteiger partial charge in [0.2, 0.25) is 5.91 Å². The molecule has 2 fully saturated rings. The van der Waals surface area contributed by atoms with E-state index in [2.05, 4.69) is 62.5 Å². The van der Waals surface area contributed by atoms with Gasteiger partial charge in [-0.3, -0.25) is 14.5 Å². The maximum Gasteiger partial charge on any atom is 0.254 e. The third-order valence-corrected chi connectivity index (χ3v) is 9.72. The van der Waals surface area contributed by atoms with Crippen molar-refractivity contribution in [2.24, 2.45) is 0 Å². The molecular weight excluding hydrogens is 508 g/mol. The van der Waals surface area contributed by atoms with Crippen molar-refractivity contribution >= 4 is 17.5 Å². The lowest BCUT2D eigenvalue weighted by molar-refractivity contribution is -0.121. The summed E-state index contributed by atoms with van der Waals surface area (Å²) in [5, 5.41) is 3.22. The van der Waals surface area contributed by atoms with E-state index in [1.807, 2.05) is 24.3 Å². The summed E-state index contributed by atoms with van der Waals surface area (Å²) in [5.41, 5.74) is 7.85. The second-order valence-corrected chi connectivity index (χ2v) is 12.1. The SMILES string of the molecule is O=C(NCCCN1CCN(c2ccc3c(c2)C(=O)N(C2CCCCC2)C3)CC1)C1c2ccccc2-c2ccccc21. The Morgan fingerprint density at radius 1 is 0.805 bits per heavy atom. The van der Waals surface area contributed by atoms with Gasteiger partial charge < -0.3 is 15.1 Å². The van der Waals surface area contributed by atoms with Crippen molar-refractivity contribution in [1.29, 1.82) is 0 Å². The molecule has 3 aromatic rings. The molecule has 212 valence electrons. The van der Waals surface area contributed by atoms with Gasteiger partial charge >= 0.3 is 0 Å². The second kappa shape index (κ2) is 11.3. The first kappa shape index (κ1) is 26.3. The summed E-state index contributed by atoms with van der Waals surface area (Å²) >= 11 is 0. The normalized spacial score (nSPS) is 19.3. The molecule has 0 unspecified atom stereocenters. The highest BCUT2D eigenvalue weighted by molar-refractivity contribution is 5.99. The number of hydrogen-bond acceptors (Lipinski definition) is 4. The van der Waals surface area contributed by atoms with Gasteiger partial charge in [0, 0.05) is 56.6 Å². The summed E-state index contributed by atoms with van der Waals surface area (Å²) in [6.07, 6.45) is 7.04. The van der Waals surface area contributed by atoms with Crippen LogP contribution in [0.4, 0.5) is 5.69 Å². The predicted molar refractivity (Wildman–Crippen MR) is 163 cm³/mol. The first-order valence-corrected chi connectivity index (χ1v) is 15.5. The van der Waals surface area contributed by atoms with Crippen LogP contribution in [-0.2, 0) is 11.3 Å². The number of hydrogen-bond donors (Lipinski definition) is 1. The quantitative estimate of drug-likeness (QED) is 0.401. The minimum absolute atomic E-state index is 0.0976. The average molecular weight is 549 g/mol. The van der Waals surface area contributed by atoms with E-state index in [9.17, 15) is 9.59 Å². The van der Waals surface area contributed by atoms with E-state index in [1.54, 1.807) is 0 Å². The van der Waals surface area contributed by atoms with Crippen molar-refractivity contribution in [3.63, 3.8) is 0 Å². The maximum atomic E-state index is 13.3. The molecule has 7 rings (SSSR count). The third-order valence-electron chi connectivity index (χ3n) is 9.72. The largest absolute Gasteiger partial charge is 0.369 e. The van der Waals surface area contributed by atoms with Gasteiger partial charge in [0.1, 0.15) is 0 Å². The lowest BCUT2D eigenvalue weighted by Gasteiger charge is -2.36. The number of benzene rings is 3. The molecule has 2 heterocycles. The van der Waals surface area contributed by atoms with Crippen LogP contribution in [0.3, 0.4) is 0 Å². The van der Waals surface area contributed by atoms with Crippen molar-refractivity contribution in [1.82, 2.24) is 15.1 Å². The van der Waals surface area contributed by atoms with Crippen LogP contribution in [0.25, 0.3) is 11.1 Å². The molecule has 2 aliphatic carbocycles. The zero-order chi connectivity index (χ0) is 27.8. The Balaban J connectivity index is 0.889.